The zero-order valence-electron chi connectivity index (χ0n) is 8.17. The van der Waals surface area contributed by atoms with Crippen molar-refractivity contribution in [2.24, 2.45) is 0 Å². The van der Waals surface area contributed by atoms with Crippen LogP contribution in [0.3, 0.4) is 0 Å². The normalized spacial score (nSPS) is 11.9. The van der Waals surface area contributed by atoms with Gasteiger partial charge in [-0.05, 0) is 12.1 Å². The van der Waals surface area contributed by atoms with Crippen LogP contribution < -0.4 is 0 Å². The lowest BCUT2D eigenvalue weighted by molar-refractivity contribution is 0.526. The van der Waals surface area contributed by atoms with Gasteiger partial charge < -0.3 is 0 Å². The minimum atomic E-state index is -3.10. The first-order valence-corrected chi connectivity index (χ1v) is 6.70. The predicted molar refractivity (Wildman–Crippen MR) is 59.8 cm³/mol. The Hall–Kier alpha value is -0.520. The maximum atomic E-state index is 11.4. The van der Waals surface area contributed by atoms with Crippen LogP contribution in [0.5, 0.6) is 0 Å². The van der Waals surface area contributed by atoms with Crippen LogP contribution in [0, 0.1) is 0 Å². The molecule has 0 bridgehead atoms. The van der Waals surface area contributed by atoms with E-state index in [0.717, 1.165) is 4.90 Å². The van der Waals surface area contributed by atoms with E-state index in [9.17, 15) is 8.42 Å². The maximum Gasteiger partial charge on any atom is 0.223 e. The smallest absolute Gasteiger partial charge is 0.211 e. The molecule has 5 heteroatoms. The molecule has 1 aromatic rings. The zero-order chi connectivity index (χ0) is 10.6. The van der Waals surface area contributed by atoms with E-state index in [1.165, 1.54) is 16.1 Å². The molecular weight excluding hydrogens is 218 g/mol. The Morgan fingerprint density at radius 3 is 2.29 bits per heavy atom. The Kier molecular flexibility index (Phi) is 3.97. The van der Waals surface area contributed by atoms with Gasteiger partial charge in [-0.1, -0.05) is 18.2 Å². The average molecular weight is 231 g/mol. The number of thioether (sulfide) groups is 1. The van der Waals surface area contributed by atoms with Crippen LogP contribution in [-0.4, -0.2) is 31.9 Å². The van der Waals surface area contributed by atoms with Crippen LogP contribution in [0.1, 0.15) is 0 Å². The van der Waals surface area contributed by atoms with Crippen molar-refractivity contribution >= 4 is 21.8 Å². The molecule has 3 nitrogen and oxygen atoms in total. The molecule has 0 aliphatic carbocycles. The van der Waals surface area contributed by atoms with Crippen LogP contribution in [0.15, 0.2) is 35.2 Å². The third-order valence-corrected chi connectivity index (χ3v) is 5.06. The van der Waals surface area contributed by atoms with Gasteiger partial charge in [0.2, 0.25) is 10.0 Å². The fourth-order valence-corrected chi connectivity index (χ4v) is 3.10. The highest BCUT2D eigenvalue weighted by Crippen LogP contribution is 2.19. The highest BCUT2D eigenvalue weighted by atomic mass is 32.3. The molecular formula is C9H13NO2S2. The summed E-state index contributed by atoms with van der Waals surface area (Å²) in [6.45, 7) is 0. The molecule has 78 valence electrons. The van der Waals surface area contributed by atoms with Gasteiger partial charge in [-0.25, -0.2) is 12.7 Å². The third kappa shape index (κ3) is 3.32. The van der Waals surface area contributed by atoms with Gasteiger partial charge in [0.05, 0.1) is 0 Å². The second-order valence-electron chi connectivity index (χ2n) is 2.97. The van der Waals surface area contributed by atoms with Gasteiger partial charge in [0, 0.05) is 19.0 Å². The summed E-state index contributed by atoms with van der Waals surface area (Å²) in [6, 6.07) is 9.49. The largest absolute Gasteiger partial charge is 0.223 e. The number of benzene rings is 1. The van der Waals surface area contributed by atoms with E-state index in [4.69, 9.17) is 0 Å². The number of hydrogen-bond donors (Lipinski definition) is 0. The SMILES string of the molecule is CN(C)S(=O)(=O)CSc1ccccc1. The molecule has 0 atom stereocenters. The lowest BCUT2D eigenvalue weighted by Crippen LogP contribution is -2.23. The molecule has 0 amide bonds. The molecule has 1 rings (SSSR count). The molecule has 14 heavy (non-hydrogen) atoms. The summed E-state index contributed by atoms with van der Waals surface area (Å²) in [5.41, 5.74) is 0. The first-order valence-electron chi connectivity index (χ1n) is 4.10. The van der Waals surface area contributed by atoms with E-state index in [0.29, 0.717) is 0 Å². The first-order chi connectivity index (χ1) is 6.52. The molecule has 0 radical (unpaired) electrons. The lowest BCUT2D eigenvalue weighted by atomic mass is 10.4. The molecule has 0 spiro atoms. The van der Waals surface area contributed by atoms with E-state index in [1.807, 2.05) is 30.3 Å². The summed E-state index contributed by atoms with van der Waals surface area (Å²) in [6.07, 6.45) is 0. The quantitative estimate of drug-likeness (QED) is 0.739. The van der Waals surface area contributed by atoms with Crippen molar-refractivity contribution in [3.05, 3.63) is 30.3 Å². The summed E-state index contributed by atoms with van der Waals surface area (Å²) in [5, 5.41) is 0.0873. The van der Waals surface area contributed by atoms with Crippen molar-refractivity contribution in [1.29, 1.82) is 0 Å². The molecule has 0 saturated heterocycles. The summed E-state index contributed by atoms with van der Waals surface area (Å²) >= 11 is 1.33. The van der Waals surface area contributed by atoms with Crippen LogP contribution in [0.4, 0.5) is 0 Å². The van der Waals surface area contributed by atoms with Gasteiger partial charge in [0.15, 0.2) is 0 Å². The highest BCUT2D eigenvalue weighted by Gasteiger charge is 2.13. The van der Waals surface area contributed by atoms with Crippen molar-refractivity contribution in [2.75, 3.05) is 19.2 Å². The molecule has 0 aromatic heterocycles. The molecule has 0 aliphatic rings. The molecule has 0 aliphatic heterocycles. The number of nitrogens with zero attached hydrogens (tertiary/aromatic N) is 1. The minimum Gasteiger partial charge on any atom is -0.211 e. The molecule has 0 fully saturated rings. The Bertz CT molecular complexity index is 373. The summed E-state index contributed by atoms with van der Waals surface area (Å²) in [4.78, 5) is 0.970. The zero-order valence-corrected chi connectivity index (χ0v) is 9.81. The highest BCUT2D eigenvalue weighted by molar-refractivity contribution is 8.11. The average Bonchev–Trinajstić information content (AvgIpc) is 2.16. The van der Waals surface area contributed by atoms with E-state index in [-0.39, 0.29) is 5.08 Å². The molecule has 0 unspecified atom stereocenters. The van der Waals surface area contributed by atoms with Crippen LogP contribution in [-0.2, 0) is 10.0 Å². The fraction of sp³-hybridized carbons (Fsp3) is 0.333. The second-order valence-corrected chi connectivity index (χ2v) is 6.57. The summed E-state index contributed by atoms with van der Waals surface area (Å²) in [5.74, 6) is 0. The van der Waals surface area contributed by atoms with Crippen molar-refractivity contribution in [3.63, 3.8) is 0 Å². The van der Waals surface area contributed by atoms with Crippen molar-refractivity contribution in [3.8, 4) is 0 Å². The maximum absolute atomic E-state index is 11.4. The van der Waals surface area contributed by atoms with Gasteiger partial charge in [-0.2, -0.15) is 0 Å². The van der Waals surface area contributed by atoms with E-state index in [2.05, 4.69) is 0 Å². The predicted octanol–water partition coefficient (Wildman–Crippen LogP) is 1.63. The Morgan fingerprint density at radius 2 is 1.79 bits per heavy atom. The Balaban J connectivity index is 2.58. The van der Waals surface area contributed by atoms with Crippen LogP contribution >= 0.6 is 11.8 Å². The molecule has 0 saturated carbocycles. The molecule has 0 N–H and O–H groups in total. The van der Waals surface area contributed by atoms with Crippen LogP contribution in [0.2, 0.25) is 0 Å². The number of rotatable bonds is 4. The second kappa shape index (κ2) is 4.82. The van der Waals surface area contributed by atoms with Gasteiger partial charge in [-0.3, -0.25) is 0 Å². The van der Waals surface area contributed by atoms with Gasteiger partial charge >= 0.3 is 0 Å². The van der Waals surface area contributed by atoms with E-state index < -0.39 is 10.0 Å². The number of sulfonamides is 1. The monoisotopic (exact) mass is 231 g/mol. The summed E-state index contributed by atoms with van der Waals surface area (Å²) < 4.78 is 24.1. The van der Waals surface area contributed by atoms with Crippen LogP contribution in [0.25, 0.3) is 0 Å². The van der Waals surface area contributed by atoms with E-state index in [1.54, 1.807) is 14.1 Å². The lowest BCUT2D eigenvalue weighted by Gasteiger charge is -2.10. The van der Waals surface area contributed by atoms with Crippen molar-refractivity contribution in [1.82, 2.24) is 4.31 Å². The molecule has 1 aromatic carbocycles. The van der Waals surface area contributed by atoms with Crippen molar-refractivity contribution in [2.45, 2.75) is 4.90 Å². The summed E-state index contributed by atoms with van der Waals surface area (Å²) in [7, 11) is -0.0150. The standard InChI is InChI=1S/C9H13NO2S2/c1-10(2)14(11,12)8-13-9-6-4-3-5-7-9/h3-7H,8H2,1-2H3. The van der Waals surface area contributed by atoms with Gasteiger partial charge in [0.1, 0.15) is 5.08 Å². The topological polar surface area (TPSA) is 37.4 Å². The first kappa shape index (κ1) is 11.6. The Labute approximate surface area is 89.2 Å². The minimum absolute atomic E-state index is 0.0873. The van der Waals surface area contributed by atoms with Gasteiger partial charge in [0.25, 0.3) is 0 Å². The Morgan fingerprint density at radius 1 is 1.21 bits per heavy atom. The molecule has 0 heterocycles. The van der Waals surface area contributed by atoms with Crippen molar-refractivity contribution < 1.29 is 8.42 Å². The van der Waals surface area contributed by atoms with E-state index >= 15 is 0 Å². The third-order valence-electron chi connectivity index (χ3n) is 1.67. The van der Waals surface area contributed by atoms with Gasteiger partial charge in [-0.15, -0.1) is 11.8 Å². The number of hydrogen-bond acceptors (Lipinski definition) is 3. The fourth-order valence-electron chi connectivity index (χ4n) is 0.765.